The molecule has 0 saturated heterocycles. The van der Waals surface area contributed by atoms with E-state index in [-0.39, 0.29) is 0 Å². The zero-order valence-corrected chi connectivity index (χ0v) is 10.1. The number of hydrogen-bond donors (Lipinski definition) is 0. The van der Waals surface area contributed by atoms with Crippen LogP contribution in [0.25, 0.3) is 0 Å². The number of halogens is 2. The Morgan fingerprint density at radius 3 is 2.75 bits per heavy atom. The highest BCUT2D eigenvalue weighted by atomic mass is 127. The maximum Gasteiger partial charge on any atom is 0.120 e. The largest absolute Gasteiger partial charge is 0.490 e. The van der Waals surface area contributed by atoms with Crippen LogP contribution in [0.3, 0.4) is 0 Å². The summed E-state index contributed by atoms with van der Waals surface area (Å²) in [7, 11) is 0. The Labute approximate surface area is 93.8 Å². The molecule has 0 bridgehead atoms. The van der Waals surface area contributed by atoms with Crippen molar-refractivity contribution in [1.29, 1.82) is 0 Å². The Hall–Kier alpha value is 0.230. The van der Waals surface area contributed by atoms with Gasteiger partial charge in [-0.05, 0) is 69.6 Å². The second-order valence-corrected chi connectivity index (χ2v) is 4.91. The van der Waals surface area contributed by atoms with E-state index in [2.05, 4.69) is 44.6 Å². The van der Waals surface area contributed by atoms with Crippen LogP contribution in [0.5, 0.6) is 5.75 Å². The third-order valence-electron chi connectivity index (χ3n) is 1.72. The number of ether oxygens (including phenoxy) is 1. The highest BCUT2D eigenvalue weighted by molar-refractivity contribution is 14.1. The summed E-state index contributed by atoms with van der Waals surface area (Å²) in [6.45, 7) is 0. The molecule has 1 aliphatic carbocycles. The van der Waals surface area contributed by atoms with E-state index in [9.17, 15) is 0 Å². The molecule has 0 aromatic heterocycles. The minimum Gasteiger partial charge on any atom is -0.490 e. The van der Waals surface area contributed by atoms with Gasteiger partial charge in [0, 0.05) is 8.04 Å². The molecular weight excluding hydrogens is 331 g/mol. The molecule has 12 heavy (non-hydrogen) atoms. The molecule has 0 heterocycles. The minimum absolute atomic E-state index is 0.483. The zero-order chi connectivity index (χ0) is 8.55. The first kappa shape index (κ1) is 8.81. The summed E-state index contributed by atoms with van der Waals surface area (Å²) < 4.78 is 7.96. The molecule has 64 valence electrons. The molecule has 0 radical (unpaired) electrons. The Morgan fingerprint density at radius 1 is 1.42 bits per heavy atom. The minimum atomic E-state index is 0.483. The van der Waals surface area contributed by atoms with Gasteiger partial charge in [0.2, 0.25) is 0 Å². The number of hydrogen-bond acceptors (Lipinski definition) is 1. The monoisotopic (exact) mass is 338 g/mol. The van der Waals surface area contributed by atoms with Gasteiger partial charge in [0.1, 0.15) is 5.75 Å². The van der Waals surface area contributed by atoms with Gasteiger partial charge in [-0.3, -0.25) is 0 Å². The molecule has 1 fully saturated rings. The van der Waals surface area contributed by atoms with Gasteiger partial charge in [-0.15, -0.1) is 0 Å². The van der Waals surface area contributed by atoms with Crippen molar-refractivity contribution in [2.24, 2.45) is 0 Å². The van der Waals surface area contributed by atoms with E-state index in [1.54, 1.807) is 0 Å². The normalized spacial score (nSPS) is 16.2. The van der Waals surface area contributed by atoms with Crippen molar-refractivity contribution in [3.8, 4) is 5.75 Å². The molecule has 1 aliphatic rings. The maximum atomic E-state index is 5.63. The predicted octanol–water partition coefficient (Wildman–Crippen LogP) is 3.59. The maximum absolute atomic E-state index is 5.63. The van der Waals surface area contributed by atoms with E-state index in [4.69, 9.17) is 4.74 Å². The lowest BCUT2D eigenvalue weighted by Gasteiger charge is -2.04. The van der Waals surface area contributed by atoms with Crippen molar-refractivity contribution in [3.05, 3.63) is 26.2 Å². The van der Waals surface area contributed by atoms with E-state index in [0.717, 1.165) is 10.2 Å². The molecule has 2 rings (SSSR count). The third-order valence-corrected chi connectivity index (χ3v) is 4.06. The molecule has 0 amide bonds. The fraction of sp³-hybridized carbons (Fsp3) is 0.333. The van der Waals surface area contributed by atoms with Gasteiger partial charge in [-0.1, -0.05) is 0 Å². The molecule has 3 heteroatoms. The molecule has 1 aromatic rings. The molecule has 0 N–H and O–H groups in total. The molecule has 0 atom stereocenters. The van der Waals surface area contributed by atoms with Crippen LogP contribution in [0.1, 0.15) is 12.8 Å². The number of rotatable bonds is 2. The molecule has 1 nitrogen and oxygen atoms in total. The van der Waals surface area contributed by atoms with E-state index in [1.165, 1.54) is 16.4 Å². The Bertz CT molecular complexity index is 297. The fourth-order valence-electron chi connectivity index (χ4n) is 0.929. The Kier molecular flexibility index (Phi) is 2.60. The summed E-state index contributed by atoms with van der Waals surface area (Å²) in [5.74, 6) is 0.977. The van der Waals surface area contributed by atoms with Crippen molar-refractivity contribution in [1.82, 2.24) is 0 Å². The first-order chi connectivity index (χ1) is 5.75. The predicted molar refractivity (Wildman–Crippen MR) is 60.5 cm³/mol. The van der Waals surface area contributed by atoms with Crippen molar-refractivity contribution >= 4 is 38.5 Å². The SMILES string of the molecule is Brc1cc(OC2CC2)ccc1I. The Morgan fingerprint density at radius 2 is 2.17 bits per heavy atom. The first-order valence-corrected chi connectivity index (χ1v) is 5.74. The van der Waals surface area contributed by atoms with Gasteiger partial charge in [0.15, 0.2) is 0 Å². The molecule has 0 unspecified atom stereocenters. The van der Waals surface area contributed by atoms with E-state index < -0.39 is 0 Å². The zero-order valence-electron chi connectivity index (χ0n) is 6.39. The van der Waals surface area contributed by atoms with Gasteiger partial charge in [-0.2, -0.15) is 0 Å². The average molecular weight is 339 g/mol. The molecular formula is C9H8BrIO. The van der Waals surface area contributed by atoms with E-state index in [1.807, 2.05) is 12.1 Å². The van der Waals surface area contributed by atoms with Crippen LogP contribution < -0.4 is 4.74 Å². The van der Waals surface area contributed by atoms with Gasteiger partial charge < -0.3 is 4.74 Å². The lowest BCUT2D eigenvalue weighted by atomic mass is 10.3. The molecule has 1 aromatic carbocycles. The topological polar surface area (TPSA) is 9.23 Å². The molecule has 1 saturated carbocycles. The average Bonchev–Trinajstić information content (AvgIpc) is 2.81. The van der Waals surface area contributed by atoms with Gasteiger partial charge in [0.05, 0.1) is 6.10 Å². The Balaban J connectivity index is 2.15. The van der Waals surface area contributed by atoms with Crippen LogP contribution in [0, 0.1) is 3.57 Å². The van der Waals surface area contributed by atoms with Gasteiger partial charge in [0.25, 0.3) is 0 Å². The summed E-state index contributed by atoms with van der Waals surface area (Å²) in [6.07, 6.45) is 2.91. The van der Waals surface area contributed by atoms with Crippen molar-refractivity contribution in [2.75, 3.05) is 0 Å². The quantitative estimate of drug-likeness (QED) is 0.749. The van der Waals surface area contributed by atoms with Crippen molar-refractivity contribution in [2.45, 2.75) is 18.9 Å². The summed E-state index contributed by atoms with van der Waals surface area (Å²) in [4.78, 5) is 0. The molecule has 0 aliphatic heterocycles. The second-order valence-electron chi connectivity index (χ2n) is 2.89. The van der Waals surface area contributed by atoms with Gasteiger partial charge in [-0.25, -0.2) is 0 Å². The number of benzene rings is 1. The van der Waals surface area contributed by atoms with Crippen LogP contribution in [-0.4, -0.2) is 6.10 Å². The molecule has 0 spiro atoms. The highest BCUT2D eigenvalue weighted by Gasteiger charge is 2.23. The van der Waals surface area contributed by atoms with Crippen LogP contribution in [-0.2, 0) is 0 Å². The van der Waals surface area contributed by atoms with Crippen molar-refractivity contribution < 1.29 is 4.74 Å². The third kappa shape index (κ3) is 2.13. The summed E-state index contributed by atoms with van der Waals surface area (Å²) >= 11 is 5.76. The second kappa shape index (κ2) is 3.54. The van der Waals surface area contributed by atoms with Crippen molar-refractivity contribution in [3.63, 3.8) is 0 Å². The summed E-state index contributed by atoms with van der Waals surface area (Å²) in [6, 6.07) is 6.10. The van der Waals surface area contributed by atoms with Crippen LogP contribution >= 0.6 is 38.5 Å². The smallest absolute Gasteiger partial charge is 0.120 e. The van der Waals surface area contributed by atoms with E-state index >= 15 is 0 Å². The highest BCUT2D eigenvalue weighted by Crippen LogP contribution is 2.30. The van der Waals surface area contributed by atoms with Crippen LogP contribution in [0.15, 0.2) is 22.7 Å². The first-order valence-electron chi connectivity index (χ1n) is 3.87. The van der Waals surface area contributed by atoms with Crippen LogP contribution in [0.4, 0.5) is 0 Å². The summed E-state index contributed by atoms with van der Waals surface area (Å²) in [5, 5.41) is 0. The standard InChI is InChI=1S/C9H8BrIO/c10-8-5-7(3-4-9(8)11)12-6-1-2-6/h3-6H,1-2H2. The lowest BCUT2D eigenvalue weighted by Crippen LogP contribution is -1.95. The summed E-state index contributed by atoms with van der Waals surface area (Å²) in [5.41, 5.74) is 0. The lowest BCUT2D eigenvalue weighted by molar-refractivity contribution is 0.303. The van der Waals surface area contributed by atoms with Gasteiger partial charge >= 0.3 is 0 Å². The van der Waals surface area contributed by atoms with Crippen LogP contribution in [0.2, 0.25) is 0 Å². The fourth-order valence-corrected chi connectivity index (χ4v) is 1.62. The van der Waals surface area contributed by atoms with E-state index in [0.29, 0.717) is 6.10 Å².